The summed E-state index contributed by atoms with van der Waals surface area (Å²) in [4.78, 5) is 11.7. The van der Waals surface area contributed by atoms with E-state index in [1.807, 2.05) is 9.80 Å². The van der Waals surface area contributed by atoms with Crippen LogP contribution in [0.4, 0.5) is 29.3 Å². The summed E-state index contributed by atoms with van der Waals surface area (Å²) in [5.74, 6) is -3.80. The Kier molecular flexibility index (Phi) is 5.81. The van der Waals surface area contributed by atoms with E-state index in [0.29, 0.717) is 36.6 Å². The van der Waals surface area contributed by atoms with Gasteiger partial charge in [0.2, 0.25) is 5.95 Å². The monoisotopic (exact) mass is 580 g/mol. The normalized spacial score (nSPS) is 17.3. The van der Waals surface area contributed by atoms with Crippen molar-refractivity contribution >= 4 is 44.3 Å². The summed E-state index contributed by atoms with van der Waals surface area (Å²) in [6.45, 7) is 2.01. The largest absolute Gasteiger partial charge is 0.345 e. The van der Waals surface area contributed by atoms with E-state index in [1.165, 1.54) is 0 Å². The van der Waals surface area contributed by atoms with E-state index in [-0.39, 0.29) is 32.2 Å². The van der Waals surface area contributed by atoms with Crippen molar-refractivity contribution in [3.63, 3.8) is 0 Å². The fourth-order valence-electron chi connectivity index (χ4n) is 5.03. The first kappa shape index (κ1) is 25.8. The van der Waals surface area contributed by atoms with E-state index in [9.17, 15) is 26.0 Å². The highest BCUT2D eigenvalue weighted by atomic mass is 35.5. The van der Waals surface area contributed by atoms with E-state index in [0.717, 1.165) is 61.6 Å². The molecule has 2 aromatic carbocycles. The Hall–Kier alpha value is -3.45. The Morgan fingerprint density at radius 3 is 2.28 bits per heavy atom. The molecule has 1 aliphatic heterocycles. The van der Waals surface area contributed by atoms with E-state index in [4.69, 9.17) is 11.6 Å². The maximum atomic E-state index is 14.5. The lowest BCUT2D eigenvalue weighted by molar-refractivity contribution is 0.0174. The number of piperazine rings is 1. The van der Waals surface area contributed by atoms with Gasteiger partial charge in [-0.1, -0.05) is 23.7 Å². The zero-order chi connectivity index (χ0) is 27.7. The first-order valence-corrected chi connectivity index (χ1v) is 13.8. The fraction of sp³-hybridized carbons (Fsp3) is 0.320. The van der Waals surface area contributed by atoms with Crippen molar-refractivity contribution in [2.24, 2.45) is 0 Å². The van der Waals surface area contributed by atoms with Crippen LogP contribution >= 0.6 is 11.6 Å². The SMILES string of the molecule is CC(F)(F)c1ccc(S(=O)(=O)n2nc(N3CCN(c4ncc(F)cn4)CC34CC4)c3c(Cl)cc(F)cc32)cc1. The van der Waals surface area contributed by atoms with Gasteiger partial charge in [-0.15, -0.1) is 5.10 Å². The number of halogens is 5. The van der Waals surface area contributed by atoms with Gasteiger partial charge in [-0.3, -0.25) is 0 Å². The van der Waals surface area contributed by atoms with Crippen LogP contribution in [0.3, 0.4) is 0 Å². The second kappa shape index (κ2) is 8.78. The molecule has 0 radical (unpaired) electrons. The maximum Gasteiger partial charge on any atom is 0.283 e. The number of alkyl halides is 2. The number of fused-ring (bicyclic) bond motifs is 1. The molecule has 2 aliphatic rings. The molecule has 0 unspecified atom stereocenters. The minimum atomic E-state index is -4.41. The van der Waals surface area contributed by atoms with Crippen molar-refractivity contribution in [1.29, 1.82) is 0 Å². The Bertz CT molecular complexity index is 1690. The minimum absolute atomic E-state index is 0.0116. The van der Waals surface area contributed by atoms with Gasteiger partial charge >= 0.3 is 0 Å². The van der Waals surface area contributed by atoms with Crippen LogP contribution in [0.2, 0.25) is 5.02 Å². The molecule has 1 aliphatic carbocycles. The van der Waals surface area contributed by atoms with Gasteiger partial charge in [-0.25, -0.2) is 27.5 Å². The topological polar surface area (TPSA) is 84.2 Å². The summed E-state index contributed by atoms with van der Waals surface area (Å²) in [5.41, 5.74) is -0.849. The third-order valence-electron chi connectivity index (χ3n) is 7.16. The maximum absolute atomic E-state index is 14.5. The van der Waals surface area contributed by atoms with Gasteiger partial charge in [0.1, 0.15) is 5.82 Å². The van der Waals surface area contributed by atoms with Gasteiger partial charge in [-0.2, -0.15) is 12.5 Å². The van der Waals surface area contributed by atoms with Gasteiger partial charge < -0.3 is 9.80 Å². The molecule has 2 aromatic heterocycles. The zero-order valence-corrected chi connectivity index (χ0v) is 22.0. The third-order valence-corrected chi connectivity index (χ3v) is 9.06. The molecule has 0 bridgehead atoms. The molecule has 39 heavy (non-hydrogen) atoms. The van der Waals surface area contributed by atoms with Crippen molar-refractivity contribution < 1.29 is 26.0 Å². The molecule has 1 spiro atoms. The van der Waals surface area contributed by atoms with Crippen molar-refractivity contribution in [3.05, 3.63) is 71.0 Å². The molecule has 1 saturated carbocycles. The summed E-state index contributed by atoms with van der Waals surface area (Å²) in [5, 5.41) is 4.68. The van der Waals surface area contributed by atoms with E-state index in [1.54, 1.807) is 0 Å². The first-order chi connectivity index (χ1) is 18.4. The predicted molar refractivity (Wildman–Crippen MR) is 137 cm³/mol. The Morgan fingerprint density at radius 2 is 1.67 bits per heavy atom. The summed E-state index contributed by atoms with van der Waals surface area (Å²) in [6.07, 6.45) is 3.71. The average Bonchev–Trinajstić information content (AvgIpc) is 3.52. The molecule has 0 N–H and O–H groups in total. The first-order valence-electron chi connectivity index (χ1n) is 12.0. The number of aromatic nitrogens is 4. The van der Waals surface area contributed by atoms with Crippen LogP contribution < -0.4 is 9.80 Å². The lowest BCUT2D eigenvalue weighted by Crippen LogP contribution is -2.56. The summed E-state index contributed by atoms with van der Waals surface area (Å²) < 4.78 is 83.2. The van der Waals surface area contributed by atoms with Crippen molar-refractivity contribution in [2.45, 2.75) is 36.1 Å². The van der Waals surface area contributed by atoms with Crippen LogP contribution in [0, 0.1) is 11.6 Å². The minimum Gasteiger partial charge on any atom is -0.345 e. The molecule has 0 amide bonds. The zero-order valence-electron chi connectivity index (χ0n) is 20.5. The Balaban J connectivity index is 1.43. The van der Waals surface area contributed by atoms with E-state index >= 15 is 0 Å². The van der Waals surface area contributed by atoms with E-state index in [2.05, 4.69) is 15.1 Å². The molecule has 2 fully saturated rings. The number of hydrogen-bond acceptors (Lipinski definition) is 7. The van der Waals surface area contributed by atoms with Crippen LogP contribution in [0.25, 0.3) is 10.9 Å². The van der Waals surface area contributed by atoms with Gasteiger partial charge in [-0.05, 0) is 31.0 Å². The second-order valence-corrected chi connectivity index (χ2v) is 12.0. The predicted octanol–water partition coefficient (Wildman–Crippen LogP) is 4.97. The molecule has 8 nitrogen and oxygen atoms in total. The van der Waals surface area contributed by atoms with Gasteiger partial charge in [0, 0.05) is 38.2 Å². The fourth-order valence-corrected chi connectivity index (χ4v) is 6.59. The number of hydrogen-bond donors (Lipinski definition) is 0. The van der Waals surface area contributed by atoms with Gasteiger partial charge in [0.05, 0.1) is 38.8 Å². The lowest BCUT2D eigenvalue weighted by atomic mass is 10.1. The summed E-state index contributed by atoms with van der Waals surface area (Å²) >= 11 is 6.46. The number of nitrogens with zero attached hydrogens (tertiary/aromatic N) is 6. The molecular formula is C25H21ClF4N6O2S. The van der Waals surface area contributed by atoms with Crippen molar-refractivity contribution in [1.82, 2.24) is 19.2 Å². The van der Waals surface area contributed by atoms with Gasteiger partial charge in [0.25, 0.3) is 15.9 Å². The summed E-state index contributed by atoms with van der Waals surface area (Å²) in [6, 6.07) is 6.32. The highest BCUT2D eigenvalue weighted by Gasteiger charge is 2.53. The van der Waals surface area contributed by atoms with Crippen LogP contribution in [-0.4, -0.2) is 52.7 Å². The summed E-state index contributed by atoms with van der Waals surface area (Å²) in [7, 11) is -4.41. The second-order valence-electron chi connectivity index (χ2n) is 9.86. The molecule has 3 heterocycles. The van der Waals surface area contributed by atoms with Crippen LogP contribution in [0.1, 0.15) is 25.3 Å². The van der Waals surface area contributed by atoms with Crippen LogP contribution in [0.5, 0.6) is 0 Å². The van der Waals surface area contributed by atoms with Crippen LogP contribution in [-0.2, 0) is 15.9 Å². The Morgan fingerprint density at radius 1 is 1.00 bits per heavy atom. The standard InChI is InChI=1S/C25H21ClF4N6O2S/c1-24(29,30)15-2-4-18(5-3-15)39(37,38)36-20-11-16(27)10-19(26)21(20)22(33-36)35-9-8-34(14-25(35)6-7-25)23-31-12-17(28)13-32-23/h2-5,10-13H,6-9,14H2,1H3. The Labute approximate surface area is 225 Å². The molecule has 204 valence electrons. The number of anilines is 2. The highest BCUT2D eigenvalue weighted by molar-refractivity contribution is 7.90. The number of rotatable bonds is 5. The molecule has 6 rings (SSSR count). The molecule has 4 aromatic rings. The third kappa shape index (κ3) is 4.37. The molecule has 0 atom stereocenters. The van der Waals surface area contributed by atoms with E-state index < -0.39 is 33.1 Å². The van der Waals surface area contributed by atoms with Crippen molar-refractivity contribution in [2.75, 3.05) is 29.4 Å². The smallest absolute Gasteiger partial charge is 0.283 e. The molecule has 1 saturated heterocycles. The molecule has 14 heteroatoms. The highest BCUT2D eigenvalue weighted by Crippen LogP contribution is 2.49. The van der Waals surface area contributed by atoms with Gasteiger partial charge in [0.15, 0.2) is 11.6 Å². The molecular weight excluding hydrogens is 560 g/mol. The quantitative estimate of drug-likeness (QED) is 0.308. The lowest BCUT2D eigenvalue weighted by Gasteiger charge is -2.42. The van der Waals surface area contributed by atoms with Crippen LogP contribution in [0.15, 0.2) is 53.7 Å². The number of benzene rings is 2. The van der Waals surface area contributed by atoms with Crippen molar-refractivity contribution in [3.8, 4) is 0 Å². The average molecular weight is 581 g/mol.